The van der Waals surface area contributed by atoms with Crippen LogP contribution in [0.5, 0.6) is 0 Å². The van der Waals surface area contributed by atoms with E-state index < -0.39 is 0 Å². The largest absolute Gasteiger partial charge is 0.302 e. The van der Waals surface area contributed by atoms with Crippen molar-refractivity contribution in [2.45, 2.75) is 24.9 Å². The molecule has 1 aliphatic heterocycles. The number of halogens is 1. The summed E-state index contributed by atoms with van der Waals surface area (Å²) >= 11 is 8.07. The number of nitrogens with zero attached hydrogens (tertiary/aromatic N) is 3. The molecule has 0 N–H and O–H groups in total. The molecule has 1 aliphatic rings. The molecule has 5 heteroatoms. The molecule has 2 aromatic rings. The van der Waals surface area contributed by atoms with Crippen LogP contribution in [-0.4, -0.2) is 29.2 Å². The fourth-order valence-corrected chi connectivity index (χ4v) is 3.95. The fraction of sp³-hybridized carbons (Fsp3) is 0.333. The Balaban J connectivity index is 2.33. The van der Waals surface area contributed by atoms with Gasteiger partial charge < -0.3 is 4.90 Å². The second-order valence-corrected chi connectivity index (χ2v) is 7.26. The summed E-state index contributed by atoms with van der Waals surface area (Å²) in [7, 11) is 2.10. The lowest BCUT2D eigenvalue weighted by Gasteiger charge is -2.28. The predicted molar refractivity (Wildman–Crippen MR) is 95.8 cm³/mol. The first-order valence-corrected chi connectivity index (χ1v) is 9.04. The summed E-state index contributed by atoms with van der Waals surface area (Å²) in [5.74, 6) is 0.891. The summed E-state index contributed by atoms with van der Waals surface area (Å²) in [6.45, 7) is 3.87. The van der Waals surface area contributed by atoms with Crippen LogP contribution in [0.25, 0.3) is 11.1 Å². The molecule has 1 aromatic carbocycles. The number of thioether (sulfide) groups is 1. The van der Waals surface area contributed by atoms with Crippen molar-refractivity contribution in [1.29, 1.82) is 5.26 Å². The molecule has 23 heavy (non-hydrogen) atoms. The van der Waals surface area contributed by atoms with E-state index >= 15 is 0 Å². The summed E-state index contributed by atoms with van der Waals surface area (Å²) in [5.41, 5.74) is 4.79. The van der Waals surface area contributed by atoms with Crippen molar-refractivity contribution in [2.75, 3.05) is 19.3 Å². The van der Waals surface area contributed by atoms with Crippen molar-refractivity contribution >= 4 is 23.4 Å². The molecule has 3 nitrogen and oxygen atoms in total. The fourth-order valence-electron chi connectivity index (χ4n) is 2.98. The Kier molecular flexibility index (Phi) is 4.91. The Morgan fingerprint density at radius 2 is 2.17 bits per heavy atom. The van der Waals surface area contributed by atoms with E-state index in [9.17, 15) is 5.26 Å². The van der Waals surface area contributed by atoms with E-state index in [1.165, 1.54) is 0 Å². The number of fused-ring (bicyclic) bond motifs is 1. The molecular formula is C18H18ClN3S. The van der Waals surface area contributed by atoms with Crippen LogP contribution < -0.4 is 0 Å². The highest BCUT2D eigenvalue weighted by Gasteiger charge is 2.25. The van der Waals surface area contributed by atoms with Crippen molar-refractivity contribution in [3.05, 3.63) is 46.1 Å². The third kappa shape index (κ3) is 3.10. The number of hydrogen-bond acceptors (Lipinski definition) is 4. The maximum absolute atomic E-state index is 9.79. The average molecular weight is 344 g/mol. The lowest BCUT2D eigenvalue weighted by molar-refractivity contribution is 0.309. The Morgan fingerprint density at radius 1 is 1.39 bits per heavy atom. The molecule has 0 amide bonds. The Morgan fingerprint density at radius 3 is 2.87 bits per heavy atom. The van der Waals surface area contributed by atoms with Gasteiger partial charge in [0.25, 0.3) is 0 Å². The molecule has 0 aliphatic carbocycles. The highest BCUT2D eigenvalue weighted by atomic mass is 35.5. The first-order valence-electron chi connectivity index (χ1n) is 7.67. The molecule has 0 spiro atoms. The summed E-state index contributed by atoms with van der Waals surface area (Å²) in [5, 5.41) is 11.3. The zero-order valence-electron chi connectivity index (χ0n) is 13.3. The summed E-state index contributed by atoms with van der Waals surface area (Å²) < 4.78 is 0. The molecule has 0 bridgehead atoms. The second kappa shape index (κ2) is 6.92. The lowest BCUT2D eigenvalue weighted by atomic mass is 9.92. The SMILES string of the molecule is CCSc1nc2c(c(-c3ccccc3Cl)c1C#N)CN(C)CC2. The Bertz CT molecular complexity index is 783. The Labute approximate surface area is 146 Å². The molecule has 118 valence electrons. The molecule has 0 unspecified atom stereocenters. The van der Waals surface area contributed by atoms with Gasteiger partial charge in [-0.25, -0.2) is 4.98 Å². The van der Waals surface area contributed by atoms with E-state index in [0.29, 0.717) is 10.6 Å². The van der Waals surface area contributed by atoms with Crippen LogP contribution in [0.2, 0.25) is 5.02 Å². The Hall–Kier alpha value is -1.54. The van der Waals surface area contributed by atoms with Gasteiger partial charge in [0.05, 0.1) is 5.56 Å². The normalized spacial score (nSPS) is 14.3. The van der Waals surface area contributed by atoms with Crippen molar-refractivity contribution in [3.63, 3.8) is 0 Å². The maximum atomic E-state index is 9.79. The topological polar surface area (TPSA) is 39.9 Å². The summed E-state index contributed by atoms with van der Waals surface area (Å²) in [6, 6.07) is 10.1. The number of pyridine rings is 1. The highest BCUT2D eigenvalue weighted by Crippen LogP contribution is 2.39. The van der Waals surface area contributed by atoms with Crippen LogP contribution in [0, 0.1) is 11.3 Å². The van der Waals surface area contributed by atoms with Crippen molar-refractivity contribution in [3.8, 4) is 17.2 Å². The minimum Gasteiger partial charge on any atom is -0.302 e. The zero-order valence-corrected chi connectivity index (χ0v) is 14.8. The van der Waals surface area contributed by atoms with E-state index in [1.807, 2.05) is 24.3 Å². The molecule has 0 radical (unpaired) electrons. The van der Waals surface area contributed by atoms with Gasteiger partial charge in [0.15, 0.2) is 0 Å². The summed E-state index contributed by atoms with van der Waals surface area (Å²) in [4.78, 5) is 7.06. The van der Waals surface area contributed by atoms with Gasteiger partial charge in [0.1, 0.15) is 11.1 Å². The molecule has 0 fully saturated rings. The van der Waals surface area contributed by atoms with Crippen molar-refractivity contribution < 1.29 is 0 Å². The number of nitriles is 1. The van der Waals surface area contributed by atoms with Gasteiger partial charge >= 0.3 is 0 Å². The average Bonchev–Trinajstić information content (AvgIpc) is 2.55. The van der Waals surface area contributed by atoms with Crippen LogP contribution in [0.4, 0.5) is 0 Å². The van der Waals surface area contributed by atoms with Gasteiger partial charge in [-0.05, 0) is 24.4 Å². The molecular weight excluding hydrogens is 326 g/mol. The molecule has 3 rings (SSSR count). The molecule has 0 atom stereocenters. The smallest absolute Gasteiger partial charge is 0.115 e. The zero-order chi connectivity index (χ0) is 16.4. The van der Waals surface area contributed by atoms with Gasteiger partial charge in [-0.15, -0.1) is 11.8 Å². The maximum Gasteiger partial charge on any atom is 0.115 e. The number of likely N-dealkylation sites (N-methyl/N-ethyl adjacent to an activating group) is 1. The van der Waals surface area contributed by atoms with Crippen LogP contribution >= 0.6 is 23.4 Å². The highest BCUT2D eigenvalue weighted by molar-refractivity contribution is 7.99. The van der Waals surface area contributed by atoms with Crippen LogP contribution in [0.15, 0.2) is 29.3 Å². The molecule has 0 saturated heterocycles. The standard InChI is InChI=1S/C18H18ClN3S/c1-3-23-18-13(10-20)17(12-6-4-5-7-15(12)19)14-11-22(2)9-8-16(14)21-18/h4-7H,3,8-9,11H2,1-2H3. The van der Waals surface area contributed by atoms with Gasteiger partial charge in [0, 0.05) is 41.4 Å². The first kappa shape index (κ1) is 16.3. The first-order chi connectivity index (χ1) is 11.2. The minimum absolute atomic E-state index is 0.652. The minimum atomic E-state index is 0.652. The van der Waals surface area contributed by atoms with Gasteiger partial charge in [-0.3, -0.25) is 0 Å². The molecule has 0 saturated carbocycles. The molecule has 1 aromatic heterocycles. The van der Waals surface area contributed by atoms with Crippen molar-refractivity contribution in [1.82, 2.24) is 9.88 Å². The third-order valence-electron chi connectivity index (χ3n) is 4.04. The number of aromatic nitrogens is 1. The van der Waals surface area contributed by atoms with Crippen molar-refractivity contribution in [2.24, 2.45) is 0 Å². The van der Waals surface area contributed by atoms with E-state index in [2.05, 4.69) is 24.9 Å². The van der Waals surface area contributed by atoms with Gasteiger partial charge in [-0.1, -0.05) is 36.7 Å². The predicted octanol–water partition coefficient (Wildman–Crippen LogP) is 4.37. The monoisotopic (exact) mass is 343 g/mol. The number of rotatable bonds is 3. The number of benzene rings is 1. The third-order valence-corrected chi connectivity index (χ3v) is 5.23. The van der Waals surface area contributed by atoms with E-state index in [1.54, 1.807) is 11.8 Å². The van der Waals surface area contributed by atoms with Crippen LogP contribution in [0.3, 0.4) is 0 Å². The quantitative estimate of drug-likeness (QED) is 0.776. The van der Waals surface area contributed by atoms with Crippen LogP contribution in [-0.2, 0) is 13.0 Å². The van der Waals surface area contributed by atoms with E-state index in [4.69, 9.17) is 16.6 Å². The second-order valence-electron chi connectivity index (χ2n) is 5.60. The lowest BCUT2D eigenvalue weighted by Crippen LogP contribution is -2.28. The molecule has 2 heterocycles. The van der Waals surface area contributed by atoms with E-state index in [-0.39, 0.29) is 0 Å². The van der Waals surface area contributed by atoms with E-state index in [0.717, 1.165) is 52.7 Å². The summed E-state index contributed by atoms with van der Waals surface area (Å²) in [6.07, 6.45) is 0.909. The number of hydrogen-bond donors (Lipinski definition) is 0. The van der Waals surface area contributed by atoms with Crippen LogP contribution in [0.1, 0.15) is 23.7 Å². The van der Waals surface area contributed by atoms with Gasteiger partial charge in [0.2, 0.25) is 0 Å². The van der Waals surface area contributed by atoms with Gasteiger partial charge in [-0.2, -0.15) is 5.26 Å².